The maximum absolute atomic E-state index is 14.4. The Bertz CT molecular complexity index is 4120. The zero-order chi connectivity index (χ0) is 53.7. The van der Waals surface area contributed by atoms with Crippen LogP contribution in [0, 0.1) is 0 Å². The molecule has 0 amide bonds. The van der Waals surface area contributed by atoms with Gasteiger partial charge in [0.25, 0.3) is 0 Å². The van der Waals surface area contributed by atoms with Gasteiger partial charge in [-0.05, 0) is 206 Å². The van der Waals surface area contributed by atoms with Crippen LogP contribution in [0.2, 0.25) is 0 Å². The van der Waals surface area contributed by atoms with Crippen molar-refractivity contribution >= 4 is 65.8 Å². The predicted octanol–water partition coefficient (Wildman–Crippen LogP) is 20.8. The molecule has 2 nitrogen and oxygen atoms in total. The molecule has 8 heteroatoms. The molecule has 0 radical (unpaired) electrons. The smallest absolute Gasteiger partial charge is 0.334 e. The van der Waals surface area contributed by atoms with Gasteiger partial charge in [0.2, 0.25) is 0 Å². The highest BCUT2D eigenvalue weighted by molar-refractivity contribution is 6.27. The summed E-state index contributed by atoms with van der Waals surface area (Å²) in [5, 5.41) is 8.83. The number of hydrogen-bond donors (Lipinski definition) is 0. The molecule has 2 aliphatic carbocycles. The van der Waals surface area contributed by atoms with Gasteiger partial charge in [0.15, 0.2) is 0 Å². The van der Waals surface area contributed by atoms with Crippen molar-refractivity contribution < 1.29 is 26.3 Å². The Labute approximate surface area is 451 Å². The summed E-state index contributed by atoms with van der Waals surface area (Å²) in [5.74, 6) is 0. The van der Waals surface area contributed by atoms with E-state index < -0.39 is 34.6 Å². The molecule has 10 aromatic carbocycles. The Morgan fingerprint density at radius 2 is 0.808 bits per heavy atom. The van der Waals surface area contributed by atoms with Crippen LogP contribution in [-0.2, 0) is 23.2 Å². The lowest BCUT2D eigenvalue weighted by atomic mass is 9.61. The first-order chi connectivity index (χ1) is 37.4. The van der Waals surface area contributed by atoms with E-state index in [9.17, 15) is 26.3 Å². The monoisotopic (exact) mass is 1040 g/mol. The molecule has 0 aromatic heterocycles. The lowest BCUT2D eigenvalue weighted by Gasteiger charge is -2.50. The zero-order valence-electron chi connectivity index (χ0n) is 44.1. The molecular weight excluding hydrogens is 983 g/mol. The van der Waals surface area contributed by atoms with E-state index in [1.54, 1.807) is 0 Å². The van der Waals surface area contributed by atoms with Crippen LogP contribution in [0.15, 0.2) is 182 Å². The summed E-state index contributed by atoms with van der Waals surface area (Å²) >= 11 is 0. The molecule has 0 saturated heterocycles. The largest absolute Gasteiger partial charge is 0.416 e. The minimum atomic E-state index is -4.48. The fourth-order valence-electron chi connectivity index (χ4n) is 15.5. The SMILES string of the molecule is CC12CCCCC1(C)N(c1cccc(C(F)(F)F)c1)c1ccc(-c3c4ccccc4c(-c4ccc5c(c4)C4(C)CCCCC4(C)N5c4cccc(C(F)(F)F)c4)c4cc5c(cc34)c(-c3ccccc3)cc3ccccc35)cc12. The van der Waals surface area contributed by atoms with E-state index in [0.29, 0.717) is 11.4 Å². The van der Waals surface area contributed by atoms with Crippen LogP contribution < -0.4 is 9.80 Å². The first-order valence-electron chi connectivity index (χ1n) is 27.6. The molecule has 0 bridgehead atoms. The van der Waals surface area contributed by atoms with Crippen LogP contribution in [0.4, 0.5) is 49.1 Å². The summed E-state index contributed by atoms with van der Waals surface area (Å²) in [4.78, 5) is 4.43. The molecule has 10 aromatic rings. The molecule has 4 atom stereocenters. The standard InChI is InChI=1S/C70H58F6N2/c1-65-32-12-14-34-67(65,3)77(49-23-16-21-47(39-49)69(71,72)73)61-30-28-45(37-59(61)65)63-52-26-10-11-27-53(52)64(58-42-56-54(43-18-6-5-7-19-43)36-44-20-8-9-25-51(44)55(56)41-57(58)63)46-29-31-62-60(38-46)66(2)33-13-15-35-68(66,4)78(62)50-24-17-22-48(40-50)70(74,75)76/h5-11,16-31,36-42H,12-15,32-35H2,1-4H3. The lowest BCUT2D eigenvalue weighted by molar-refractivity contribution is -0.138. The molecule has 2 fully saturated rings. The van der Waals surface area contributed by atoms with Gasteiger partial charge in [-0.3, -0.25) is 0 Å². The summed E-state index contributed by atoms with van der Waals surface area (Å²) < 4.78 is 86.5. The number of halogens is 6. The van der Waals surface area contributed by atoms with Crippen molar-refractivity contribution in [1.29, 1.82) is 0 Å². The van der Waals surface area contributed by atoms with Crippen molar-refractivity contribution in [3.05, 3.63) is 204 Å². The first kappa shape index (κ1) is 48.8. The van der Waals surface area contributed by atoms with Crippen LogP contribution in [0.25, 0.3) is 76.5 Å². The van der Waals surface area contributed by atoms with Crippen LogP contribution >= 0.6 is 0 Å². The van der Waals surface area contributed by atoms with E-state index in [2.05, 4.69) is 165 Å². The summed E-state index contributed by atoms with van der Waals surface area (Å²) in [7, 11) is 0. The third-order valence-electron chi connectivity index (χ3n) is 19.7. The number of benzene rings is 10. The van der Waals surface area contributed by atoms with Crippen LogP contribution in [0.1, 0.15) is 101 Å². The molecule has 2 heterocycles. The Morgan fingerprint density at radius 1 is 0.359 bits per heavy atom. The fourth-order valence-corrected chi connectivity index (χ4v) is 15.5. The highest BCUT2D eigenvalue weighted by atomic mass is 19.4. The summed E-state index contributed by atoms with van der Waals surface area (Å²) in [6.07, 6.45) is -1.49. The van der Waals surface area contributed by atoms with Crippen molar-refractivity contribution in [2.24, 2.45) is 0 Å². The van der Waals surface area contributed by atoms with Gasteiger partial charge < -0.3 is 9.80 Å². The third-order valence-corrected chi connectivity index (χ3v) is 19.7. The lowest BCUT2D eigenvalue weighted by Crippen LogP contribution is -2.54. The van der Waals surface area contributed by atoms with Crippen LogP contribution in [0.5, 0.6) is 0 Å². The maximum atomic E-state index is 14.4. The van der Waals surface area contributed by atoms with Crippen LogP contribution in [-0.4, -0.2) is 11.1 Å². The first-order valence-corrected chi connectivity index (χ1v) is 27.6. The van der Waals surface area contributed by atoms with Crippen molar-refractivity contribution in [3.63, 3.8) is 0 Å². The Hall–Kier alpha value is -7.58. The number of nitrogens with zero attached hydrogens (tertiary/aromatic N) is 2. The van der Waals surface area contributed by atoms with Gasteiger partial charge in [0.05, 0.1) is 22.2 Å². The van der Waals surface area contributed by atoms with E-state index in [1.165, 1.54) is 24.3 Å². The molecule has 4 aliphatic rings. The van der Waals surface area contributed by atoms with E-state index in [-0.39, 0.29) is 10.8 Å². The molecule has 390 valence electrons. The van der Waals surface area contributed by atoms with E-state index in [4.69, 9.17) is 0 Å². The van der Waals surface area contributed by atoms with Gasteiger partial charge in [-0.25, -0.2) is 0 Å². The summed E-state index contributed by atoms with van der Waals surface area (Å²) in [6.45, 7) is 9.15. The van der Waals surface area contributed by atoms with Gasteiger partial charge in [0.1, 0.15) is 0 Å². The van der Waals surface area contributed by atoms with Crippen molar-refractivity contribution in [3.8, 4) is 33.4 Å². The third kappa shape index (κ3) is 6.89. The fraction of sp³-hybridized carbons (Fsp3) is 0.257. The highest BCUT2D eigenvalue weighted by Gasteiger charge is 2.59. The Morgan fingerprint density at radius 3 is 1.31 bits per heavy atom. The van der Waals surface area contributed by atoms with Crippen LogP contribution in [0.3, 0.4) is 0 Å². The summed E-state index contributed by atoms with van der Waals surface area (Å²) in [6, 6.07) is 60.0. The second-order valence-electron chi connectivity index (χ2n) is 23.6. The van der Waals surface area contributed by atoms with E-state index >= 15 is 0 Å². The van der Waals surface area contributed by atoms with Gasteiger partial charge >= 0.3 is 12.4 Å². The minimum absolute atomic E-state index is 0.375. The van der Waals surface area contributed by atoms with Gasteiger partial charge in [-0.15, -0.1) is 0 Å². The van der Waals surface area contributed by atoms with Gasteiger partial charge in [-0.1, -0.05) is 143 Å². The Kier molecular flexibility index (Phi) is 10.6. The molecule has 4 unspecified atom stereocenters. The van der Waals surface area contributed by atoms with Crippen molar-refractivity contribution in [1.82, 2.24) is 0 Å². The maximum Gasteiger partial charge on any atom is 0.416 e. The normalized spacial score (nSPS) is 23.0. The van der Waals surface area contributed by atoms with E-state index in [1.807, 2.05) is 18.2 Å². The minimum Gasteiger partial charge on any atom is -0.334 e. The molecule has 78 heavy (non-hydrogen) atoms. The average molecular weight is 1040 g/mol. The number of anilines is 4. The van der Waals surface area contributed by atoms with Crippen molar-refractivity contribution in [2.45, 2.75) is 113 Å². The zero-order valence-corrected chi connectivity index (χ0v) is 44.1. The van der Waals surface area contributed by atoms with Crippen molar-refractivity contribution in [2.75, 3.05) is 9.80 Å². The molecule has 0 spiro atoms. The second-order valence-corrected chi connectivity index (χ2v) is 23.6. The van der Waals surface area contributed by atoms with E-state index in [0.717, 1.165) is 162 Å². The van der Waals surface area contributed by atoms with Gasteiger partial charge in [-0.2, -0.15) is 26.3 Å². The molecule has 14 rings (SSSR count). The number of alkyl halides is 6. The van der Waals surface area contributed by atoms with Gasteiger partial charge in [0, 0.05) is 33.6 Å². The number of hydrogen-bond acceptors (Lipinski definition) is 2. The summed E-state index contributed by atoms with van der Waals surface area (Å²) in [5.41, 5.74) is 8.74. The number of rotatable bonds is 5. The topological polar surface area (TPSA) is 6.48 Å². The average Bonchev–Trinajstić information content (AvgIpc) is 2.77. The quantitative estimate of drug-likeness (QED) is 0.0963. The number of fused-ring (bicyclic) bond motifs is 11. The Balaban J connectivity index is 1.06. The molecule has 2 aliphatic heterocycles. The second kappa shape index (κ2) is 17.0. The molecule has 2 saturated carbocycles. The molecule has 0 N–H and O–H groups in total. The highest BCUT2D eigenvalue weighted by Crippen LogP contribution is 2.64. The molecular formula is C70H58F6N2. The predicted molar refractivity (Wildman–Crippen MR) is 308 cm³/mol.